The fourth-order valence-electron chi connectivity index (χ4n) is 1.77. The van der Waals surface area contributed by atoms with Crippen molar-refractivity contribution in [2.75, 3.05) is 13.7 Å². The summed E-state index contributed by atoms with van der Waals surface area (Å²) in [4.78, 5) is 4.17. The molecule has 0 fully saturated rings. The van der Waals surface area contributed by atoms with Crippen LogP contribution >= 0.6 is 11.3 Å². The molecule has 1 heterocycles. The van der Waals surface area contributed by atoms with Crippen molar-refractivity contribution in [2.24, 2.45) is 0 Å². The van der Waals surface area contributed by atoms with E-state index in [1.165, 1.54) is 17.5 Å². The van der Waals surface area contributed by atoms with E-state index in [1.54, 1.807) is 7.11 Å². The second-order valence-corrected chi connectivity index (χ2v) is 5.15. The van der Waals surface area contributed by atoms with E-state index in [4.69, 9.17) is 19.5 Å². The lowest BCUT2D eigenvalue weighted by atomic mass is 9.91. The number of aromatic nitrogens is 1. The Balaban J connectivity index is 2.18. The molecule has 1 aromatic carbocycles. The smallest absolute Gasteiger partial charge is 0.423 e. The molecular weight excluding hydrogens is 277 g/mol. The first-order chi connectivity index (χ1) is 9.65. The third-order valence-corrected chi connectivity index (χ3v) is 3.83. The minimum Gasteiger partial charge on any atom is -0.423 e. The number of methoxy groups -OCH3 is 1. The van der Waals surface area contributed by atoms with Crippen molar-refractivity contribution in [3.05, 3.63) is 36.0 Å². The van der Waals surface area contributed by atoms with E-state index in [-0.39, 0.29) is 6.29 Å². The van der Waals surface area contributed by atoms with Crippen molar-refractivity contribution < 1.29 is 19.5 Å². The lowest BCUT2D eigenvalue weighted by Gasteiger charge is -2.15. The van der Waals surface area contributed by atoms with Crippen molar-refractivity contribution in [3.63, 3.8) is 0 Å². The molecule has 0 amide bonds. The zero-order valence-electron chi connectivity index (χ0n) is 11.3. The topological polar surface area (TPSA) is 71.8 Å². The Morgan fingerprint density at radius 3 is 2.50 bits per heavy atom. The summed E-state index contributed by atoms with van der Waals surface area (Å²) in [6.07, 6.45) is 1.09. The summed E-state index contributed by atoms with van der Waals surface area (Å²) in [7, 11) is 0.126. The zero-order chi connectivity index (χ0) is 14.5. The van der Waals surface area contributed by atoms with Crippen LogP contribution in [0.3, 0.4) is 0 Å². The van der Waals surface area contributed by atoms with Gasteiger partial charge < -0.3 is 19.5 Å². The highest BCUT2D eigenvalue weighted by Crippen LogP contribution is 2.24. The van der Waals surface area contributed by atoms with Crippen LogP contribution in [-0.2, 0) is 9.47 Å². The third kappa shape index (κ3) is 3.44. The number of rotatable bonds is 6. The van der Waals surface area contributed by atoms with Crippen LogP contribution in [0.1, 0.15) is 18.8 Å². The summed E-state index contributed by atoms with van der Waals surface area (Å²) in [5, 5.41) is 18.9. The lowest BCUT2D eigenvalue weighted by molar-refractivity contribution is -0.124. The van der Waals surface area contributed by atoms with Crippen molar-refractivity contribution in [1.82, 2.24) is 4.98 Å². The van der Waals surface area contributed by atoms with E-state index >= 15 is 0 Å². The van der Waals surface area contributed by atoms with Crippen LogP contribution in [0.5, 0.6) is 0 Å². The van der Waals surface area contributed by atoms with Gasteiger partial charge in [-0.3, -0.25) is 0 Å². The van der Waals surface area contributed by atoms with Crippen molar-refractivity contribution in [1.29, 1.82) is 0 Å². The summed E-state index contributed by atoms with van der Waals surface area (Å²) in [6.45, 7) is 2.49. The molecule has 0 bridgehead atoms. The van der Waals surface area contributed by atoms with Crippen molar-refractivity contribution in [3.8, 4) is 10.6 Å². The molecule has 7 heteroatoms. The molecule has 2 N–H and O–H groups in total. The van der Waals surface area contributed by atoms with E-state index in [2.05, 4.69) is 4.98 Å². The summed E-state index contributed by atoms with van der Waals surface area (Å²) in [5.74, 6) is 0. The molecule has 1 aromatic heterocycles. The number of hydrogen-bond donors (Lipinski definition) is 2. The molecule has 0 radical (unpaired) electrons. The average Bonchev–Trinajstić information content (AvgIpc) is 2.95. The summed E-state index contributed by atoms with van der Waals surface area (Å²) in [5.41, 5.74) is 1.84. The first-order valence-corrected chi connectivity index (χ1v) is 7.04. The van der Waals surface area contributed by atoms with Gasteiger partial charge in [-0.05, 0) is 6.92 Å². The van der Waals surface area contributed by atoms with Gasteiger partial charge in [-0.1, -0.05) is 24.3 Å². The van der Waals surface area contributed by atoms with Crippen LogP contribution in [0.25, 0.3) is 10.6 Å². The fourth-order valence-corrected chi connectivity index (χ4v) is 2.57. The molecule has 5 nitrogen and oxygen atoms in total. The van der Waals surface area contributed by atoms with Gasteiger partial charge in [0.05, 0.1) is 4.78 Å². The number of nitrogens with zero attached hydrogens (tertiary/aromatic N) is 1. The highest BCUT2D eigenvalue weighted by molar-refractivity contribution is 7.24. The number of ether oxygens (including phenoxy) is 2. The Kier molecular flexibility index (Phi) is 5.27. The monoisotopic (exact) mass is 293 g/mol. The number of benzene rings is 1. The van der Waals surface area contributed by atoms with Crippen molar-refractivity contribution >= 4 is 23.2 Å². The van der Waals surface area contributed by atoms with E-state index in [0.29, 0.717) is 11.4 Å². The number of hydrogen-bond acceptors (Lipinski definition) is 6. The van der Waals surface area contributed by atoms with Crippen LogP contribution in [0.2, 0.25) is 0 Å². The minimum atomic E-state index is -1.48. The molecule has 106 valence electrons. The Morgan fingerprint density at radius 2 is 2.00 bits per heavy atom. The zero-order valence-corrected chi connectivity index (χ0v) is 12.1. The summed E-state index contributed by atoms with van der Waals surface area (Å²) >= 11 is 1.25. The van der Waals surface area contributed by atoms with Crippen LogP contribution < -0.4 is 4.78 Å². The predicted octanol–water partition coefficient (Wildman–Crippen LogP) is 1.17. The first-order valence-electron chi connectivity index (χ1n) is 6.22. The first kappa shape index (κ1) is 15.1. The molecular formula is C13H16BNO4S. The van der Waals surface area contributed by atoms with Gasteiger partial charge >= 0.3 is 7.12 Å². The molecule has 2 rings (SSSR count). The van der Waals surface area contributed by atoms with Crippen LogP contribution in [-0.4, -0.2) is 35.9 Å². The molecule has 0 aliphatic heterocycles. The maximum Gasteiger partial charge on any atom is 0.500 e. The van der Waals surface area contributed by atoms with E-state index in [1.807, 2.05) is 31.2 Å². The van der Waals surface area contributed by atoms with Gasteiger partial charge in [0.2, 0.25) is 0 Å². The Labute approximate surface area is 122 Å². The molecule has 2 aromatic rings. The van der Waals surface area contributed by atoms with Crippen LogP contribution in [0.4, 0.5) is 0 Å². The molecule has 1 atom stereocenters. The largest absolute Gasteiger partial charge is 0.500 e. The van der Waals surface area contributed by atoms with Crippen molar-refractivity contribution in [2.45, 2.75) is 13.2 Å². The Morgan fingerprint density at radius 1 is 1.30 bits per heavy atom. The fraction of sp³-hybridized carbons (Fsp3) is 0.308. The normalized spacial score (nSPS) is 12.4. The maximum absolute atomic E-state index is 9.08. The highest BCUT2D eigenvalue weighted by atomic mass is 32.1. The minimum absolute atomic E-state index is 0.375. The average molecular weight is 293 g/mol. The van der Waals surface area contributed by atoms with Gasteiger partial charge in [-0.2, -0.15) is 0 Å². The second kappa shape index (κ2) is 6.96. The molecule has 20 heavy (non-hydrogen) atoms. The van der Waals surface area contributed by atoms with Crippen LogP contribution in [0, 0.1) is 0 Å². The summed E-state index contributed by atoms with van der Waals surface area (Å²) < 4.78 is 11.1. The van der Waals surface area contributed by atoms with Gasteiger partial charge in [0.25, 0.3) is 0 Å². The van der Waals surface area contributed by atoms with Gasteiger partial charge in [-0.15, -0.1) is 11.3 Å². The van der Waals surface area contributed by atoms with Gasteiger partial charge in [-0.25, -0.2) is 4.98 Å². The van der Waals surface area contributed by atoms with Gasteiger partial charge in [0, 0.05) is 31.0 Å². The van der Waals surface area contributed by atoms with E-state index in [9.17, 15) is 0 Å². The molecule has 0 spiro atoms. The maximum atomic E-state index is 9.08. The highest BCUT2D eigenvalue weighted by Gasteiger charge is 2.16. The predicted molar refractivity (Wildman–Crippen MR) is 78.8 cm³/mol. The Hall–Kier alpha value is -1.25. The quantitative estimate of drug-likeness (QED) is 0.618. The van der Waals surface area contributed by atoms with Gasteiger partial charge in [0.1, 0.15) is 5.01 Å². The second-order valence-electron chi connectivity index (χ2n) is 4.09. The summed E-state index contributed by atoms with van der Waals surface area (Å²) in [6, 6.07) is 7.64. The molecule has 0 saturated heterocycles. The Bertz CT molecular complexity index is 544. The standard InChI is InChI=1S/C13H16BNO4S/c1-3-19-13(18-2)10-6-4-9(5-7-10)12-15-8-11(20-12)14(16)17/h4-8,13,16-17H,3H2,1-2H3. The molecule has 0 saturated carbocycles. The van der Waals surface area contributed by atoms with Gasteiger partial charge in [0.15, 0.2) is 6.29 Å². The van der Waals surface area contributed by atoms with Crippen LogP contribution in [0.15, 0.2) is 30.5 Å². The van der Waals surface area contributed by atoms with E-state index in [0.717, 1.165) is 16.1 Å². The molecule has 0 aliphatic carbocycles. The molecule has 0 aliphatic rings. The number of thiazole rings is 1. The SMILES string of the molecule is CCOC(OC)c1ccc(-c2ncc(B(O)O)s2)cc1. The van der Waals surface area contributed by atoms with E-state index < -0.39 is 7.12 Å². The lowest BCUT2D eigenvalue weighted by Crippen LogP contribution is -2.26. The third-order valence-electron chi connectivity index (χ3n) is 2.74. The molecule has 1 unspecified atom stereocenters.